The molecule has 0 aliphatic heterocycles. The summed E-state index contributed by atoms with van der Waals surface area (Å²) in [6.45, 7) is 0. The van der Waals surface area contributed by atoms with Gasteiger partial charge in [0.15, 0.2) is 17.5 Å². The third-order valence-corrected chi connectivity index (χ3v) is 10.3. The van der Waals surface area contributed by atoms with Crippen LogP contribution < -0.4 is 0 Å². The molecule has 2 heterocycles. The summed E-state index contributed by atoms with van der Waals surface area (Å²) in [6, 6.07) is 57.3. The molecule has 0 aliphatic carbocycles. The van der Waals surface area contributed by atoms with Crippen LogP contribution in [0.4, 0.5) is 0 Å². The second-order valence-electron chi connectivity index (χ2n) is 13.2. The lowest BCUT2D eigenvalue weighted by Gasteiger charge is -2.13. The summed E-state index contributed by atoms with van der Waals surface area (Å²) in [7, 11) is 0. The highest BCUT2D eigenvalue weighted by molar-refractivity contribution is 6.39. The van der Waals surface area contributed by atoms with Gasteiger partial charge in [0.1, 0.15) is 11.2 Å². The predicted octanol–water partition coefficient (Wildman–Crippen LogP) is 12.4. The minimum Gasteiger partial charge on any atom is -0.455 e. The number of aromatic nitrogens is 3. The largest absolute Gasteiger partial charge is 0.455 e. The summed E-state index contributed by atoms with van der Waals surface area (Å²) in [4.78, 5) is 15.4. The van der Waals surface area contributed by atoms with Gasteiger partial charge in [-0.15, -0.1) is 0 Å². The molecular weight excluding hydrogens is 623 g/mol. The van der Waals surface area contributed by atoms with E-state index in [2.05, 4.69) is 152 Å². The molecule has 0 radical (unpaired) electrons. The molecular formula is C47H27N3O. The average molecular weight is 650 g/mol. The van der Waals surface area contributed by atoms with Crippen molar-refractivity contribution in [3.63, 3.8) is 0 Å². The lowest BCUT2D eigenvalue weighted by Crippen LogP contribution is -2.00. The van der Waals surface area contributed by atoms with E-state index in [4.69, 9.17) is 19.4 Å². The number of furan rings is 1. The fraction of sp³-hybridized carbons (Fsp3) is 0. The fourth-order valence-corrected chi connectivity index (χ4v) is 7.82. The van der Waals surface area contributed by atoms with Crippen molar-refractivity contribution in [2.75, 3.05) is 0 Å². The van der Waals surface area contributed by atoms with Gasteiger partial charge in [-0.1, -0.05) is 152 Å². The molecule has 0 unspecified atom stereocenters. The zero-order valence-corrected chi connectivity index (χ0v) is 27.3. The summed E-state index contributed by atoms with van der Waals surface area (Å²) in [5.74, 6) is 1.80. The van der Waals surface area contributed by atoms with E-state index >= 15 is 0 Å². The van der Waals surface area contributed by atoms with Crippen LogP contribution in [0.25, 0.3) is 111 Å². The Labute approximate surface area is 293 Å². The van der Waals surface area contributed by atoms with E-state index in [-0.39, 0.29) is 0 Å². The normalized spacial score (nSPS) is 11.9. The van der Waals surface area contributed by atoms with Crippen molar-refractivity contribution in [1.29, 1.82) is 0 Å². The monoisotopic (exact) mass is 649 g/mol. The first-order valence-corrected chi connectivity index (χ1v) is 17.2. The van der Waals surface area contributed by atoms with E-state index in [1.165, 1.54) is 43.4 Å². The van der Waals surface area contributed by atoms with Gasteiger partial charge in [-0.2, -0.15) is 0 Å². The Kier molecular flexibility index (Phi) is 5.92. The van der Waals surface area contributed by atoms with Gasteiger partial charge < -0.3 is 4.42 Å². The van der Waals surface area contributed by atoms with E-state index in [0.717, 1.165) is 49.8 Å². The van der Waals surface area contributed by atoms with Gasteiger partial charge in [-0.05, 0) is 61.3 Å². The first-order valence-electron chi connectivity index (χ1n) is 17.2. The van der Waals surface area contributed by atoms with Crippen molar-refractivity contribution in [2.45, 2.75) is 0 Å². The fourth-order valence-electron chi connectivity index (χ4n) is 7.82. The first kappa shape index (κ1) is 28.0. The van der Waals surface area contributed by atoms with Crippen LogP contribution in [0.15, 0.2) is 168 Å². The van der Waals surface area contributed by atoms with Crippen molar-refractivity contribution in [1.82, 2.24) is 15.0 Å². The van der Waals surface area contributed by atoms with E-state index < -0.39 is 0 Å². The van der Waals surface area contributed by atoms with Gasteiger partial charge in [-0.25, -0.2) is 15.0 Å². The maximum atomic E-state index is 6.79. The Morgan fingerprint density at radius 3 is 1.45 bits per heavy atom. The summed E-state index contributed by atoms with van der Waals surface area (Å²) >= 11 is 0. The molecule has 0 amide bonds. The maximum absolute atomic E-state index is 6.79. The first-order chi connectivity index (χ1) is 25.3. The highest BCUT2D eigenvalue weighted by atomic mass is 16.3. The van der Waals surface area contributed by atoms with Crippen LogP contribution in [-0.2, 0) is 0 Å². The lowest BCUT2D eigenvalue weighted by molar-refractivity contribution is 0.670. The molecule has 0 saturated carbocycles. The third-order valence-electron chi connectivity index (χ3n) is 10.3. The molecule has 0 fully saturated rings. The van der Waals surface area contributed by atoms with E-state index in [9.17, 15) is 0 Å². The van der Waals surface area contributed by atoms with Crippen molar-refractivity contribution in [3.8, 4) is 56.4 Å². The second-order valence-corrected chi connectivity index (χ2v) is 13.2. The Bertz CT molecular complexity index is 2940. The zero-order chi connectivity index (χ0) is 33.5. The average Bonchev–Trinajstić information content (AvgIpc) is 3.61. The van der Waals surface area contributed by atoms with Crippen molar-refractivity contribution >= 4 is 54.3 Å². The molecule has 4 nitrogen and oxygen atoms in total. The van der Waals surface area contributed by atoms with E-state index in [1.54, 1.807) is 0 Å². The molecule has 236 valence electrons. The molecule has 0 bridgehead atoms. The predicted molar refractivity (Wildman–Crippen MR) is 209 cm³/mol. The smallest absolute Gasteiger partial charge is 0.167 e. The summed E-state index contributed by atoms with van der Waals surface area (Å²) in [5.41, 5.74) is 8.96. The third kappa shape index (κ3) is 4.30. The van der Waals surface area contributed by atoms with Crippen molar-refractivity contribution in [2.24, 2.45) is 0 Å². The van der Waals surface area contributed by atoms with E-state index in [1.807, 2.05) is 12.1 Å². The molecule has 0 spiro atoms. The molecule has 2 aromatic heterocycles. The number of hydrogen-bond donors (Lipinski definition) is 0. The quantitative estimate of drug-likeness (QED) is 0.138. The van der Waals surface area contributed by atoms with Crippen LogP contribution in [0.1, 0.15) is 0 Å². The number of fused-ring (bicyclic) bond motifs is 1. The minimum absolute atomic E-state index is 0.577. The molecule has 0 atom stereocenters. The number of hydrogen-bond acceptors (Lipinski definition) is 4. The SMILES string of the molecule is c1ccc(-c2ccc(-c3nc(-c4ccc(-c5ccccc5)cc4)nc(-c4ccc5c6cccc7ccc8ccc9oc4c5c9c8c76)n3)cc2)cc1. The van der Waals surface area contributed by atoms with Crippen LogP contribution in [0, 0.1) is 0 Å². The van der Waals surface area contributed by atoms with Crippen LogP contribution in [-0.4, -0.2) is 15.0 Å². The van der Waals surface area contributed by atoms with Crippen molar-refractivity contribution < 1.29 is 4.42 Å². The number of benzene rings is 9. The molecule has 0 N–H and O–H groups in total. The second kappa shape index (κ2) is 10.8. The topological polar surface area (TPSA) is 51.8 Å². The van der Waals surface area contributed by atoms with Crippen LogP contribution >= 0.6 is 0 Å². The molecule has 0 aliphatic rings. The van der Waals surface area contributed by atoms with E-state index in [0.29, 0.717) is 17.5 Å². The molecule has 11 rings (SSSR count). The zero-order valence-electron chi connectivity index (χ0n) is 27.3. The Morgan fingerprint density at radius 1 is 0.314 bits per heavy atom. The Balaban J connectivity index is 1.13. The maximum Gasteiger partial charge on any atom is 0.167 e. The number of rotatable bonds is 5. The molecule has 0 saturated heterocycles. The van der Waals surface area contributed by atoms with Gasteiger partial charge in [0, 0.05) is 27.3 Å². The van der Waals surface area contributed by atoms with Crippen LogP contribution in [0.3, 0.4) is 0 Å². The van der Waals surface area contributed by atoms with Crippen LogP contribution in [0.2, 0.25) is 0 Å². The highest BCUT2D eigenvalue weighted by Gasteiger charge is 2.24. The Morgan fingerprint density at radius 2 is 0.824 bits per heavy atom. The highest BCUT2D eigenvalue weighted by Crippen LogP contribution is 2.48. The van der Waals surface area contributed by atoms with Crippen molar-refractivity contribution in [3.05, 3.63) is 164 Å². The number of nitrogens with zero attached hydrogens (tertiary/aromatic N) is 3. The van der Waals surface area contributed by atoms with Gasteiger partial charge in [0.25, 0.3) is 0 Å². The molecule has 4 heteroatoms. The van der Waals surface area contributed by atoms with Gasteiger partial charge in [0.2, 0.25) is 0 Å². The summed E-state index contributed by atoms with van der Waals surface area (Å²) in [6.07, 6.45) is 0. The molecule has 11 aromatic rings. The minimum atomic E-state index is 0.577. The standard InChI is InChI=1S/C47H27N3O/c1-3-8-28(9-4-1)30-14-20-34(21-15-30)45-48-46(35-22-16-31(17-23-35)29-10-5-2-6-11-29)50-47(49-45)38-26-25-37-36-13-7-12-32-18-19-33-24-27-39-43(41(33)40(32)36)42(37)44(38)51-39/h1-27H. The summed E-state index contributed by atoms with van der Waals surface area (Å²) in [5, 5.41) is 9.65. The molecule has 9 aromatic carbocycles. The van der Waals surface area contributed by atoms with Gasteiger partial charge in [-0.3, -0.25) is 0 Å². The van der Waals surface area contributed by atoms with Gasteiger partial charge in [0.05, 0.1) is 5.56 Å². The lowest BCUT2D eigenvalue weighted by atomic mass is 9.89. The molecule has 51 heavy (non-hydrogen) atoms. The van der Waals surface area contributed by atoms with Crippen LogP contribution in [0.5, 0.6) is 0 Å². The van der Waals surface area contributed by atoms with Gasteiger partial charge >= 0.3 is 0 Å². The Hall–Kier alpha value is -6.91. The summed E-state index contributed by atoms with van der Waals surface area (Å²) < 4.78 is 6.79.